The smallest absolute Gasteiger partial charge is 0.162 e. The molecule has 0 radical (unpaired) electrons. The second-order valence-electron chi connectivity index (χ2n) is 3.93. The highest BCUT2D eigenvalue weighted by Gasteiger charge is 2.16. The van der Waals surface area contributed by atoms with Crippen LogP contribution in [0, 0.1) is 3.57 Å². The zero-order valence-electron chi connectivity index (χ0n) is 9.95. The average molecular weight is 386 g/mol. The van der Waals surface area contributed by atoms with Crippen LogP contribution >= 0.6 is 34.2 Å². The number of halogens is 2. The Morgan fingerprint density at radius 1 is 1.26 bits per heavy atom. The van der Waals surface area contributed by atoms with Gasteiger partial charge in [0.25, 0.3) is 0 Å². The first-order valence-corrected chi connectivity index (χ1v) is 7.00. The van der Waals surface area contributed by atoms with Crippen LogP contribution in [-0.2, 0) is 0 Å². The number of benzene rings is 1. The fourth-order valence-electron chi connectivity index (χ4n) is 2.01. The quantitative estimate of drug-likeness (QED) is 0.681. The van der Waals surface area contributed by atoms with Crippen molar-refractivity contribution in [2.24, 2.45) is 0 Å². The van der Waals surface area contributed by atoms with Crippen molar-refractivity contribution >= 4 is 45.1 Å². The number of methoxy groups -OCH3 is 1. The van der Waals surface area contributed by atoms with Gasteiger partial charge in [0.1, 0.15) is 11.4 Å². The molecule has 6 heteroatoms. The molecule has 0 saturated heterocycles. The zero-order chi connectivity index (χ0) is 13.4. The lowest BCUT2D eigenvalue weighted by atomic mass is 10.1. The van der Waals surface area contributed by atoms with Gasteiger partial charge >= 0.3 is 0 Å². The molecule has 2 aromatic heterocycles. The first-order chi connectivity index (χ1) is 9.22. The van der Waals surface area contributed by atoms with Gasteiger partial charge in [-0.15, -0.1) is 10.2 Å². The lowest BCUT2D eigenvalue weighted by molar-refractivity contribution is 0.416. The Bertz CT molecular complexity index is 757. The summed E-state index contributed by atoms with van der Waals surface area (Å²) in [5.74, 6) is 0.755. The van der Waals surface area contributed by atoms with E-state index in [4.69, 9.17) is 16.3 Å². The fraction of sp³-hybridized carbons (Fsp3) is 0.0769. The van der Waals surface area contributed by atoms with Crippen LogP contribution in [0.15, 0.2) is 30.5 Å². The third kappa shape index (κ3) is 2.06. The van der Waals surface area contributed by atoms with Crippen molar-refractivity contribution in [1.29, 1.82) is 0 Å². The minimum atomic E-state index is 0.402. The van der Waals surface area contributed by atoms with Gasteiger partial charge in [0.05, 0.1) is 18.0 Å². The third-order valence-electron chi connectivity index (χ3n) is 2.88. The van der Waals surface area contributed by atoms with Gasteiger partial charge in [0.2, 0.25) is 0 Å². The number of nitrogens with one attached hydrogen (secondary N) is 1. The number of ether oxygens (including phenoxy) is 1. The summed E-state index contributed by atoms with van der Waals surface area (Å²) in [6, 6.07) is 7.70. The summed E-state index contributed by atoms with van der Waals surface area (Å²) >= 11 is 8.33. The average Bonchev–Trinajstić information content (AvgIpc) is 2.82. The van der Waals surface area contributed by atoms with Crippen LogP contribution in [0.1, 0.15) is 0 Å². The number of nitrogens with zero attached hydrogens (tertiary/aromatic N) is 2. The van der Waals surface area contributed by atoms with Crippen molar-refractivity contribution in [3.63, 3.8) is 0 Å². The van der Waals surface area contributed by atoms with E-state index in [1.165, 1.54) is 0 Å². The molecule has 3 rings (SSSR count). The molecule has 2 heterocycles. The van der Waals surface area contributed by atoms with Crippen molar-refractivity contribution in [1.82, 2.24) is 15.2 Å². The Kier molecular flexibility index (Phi) is 3.32. The van der Waals surface area contributed by atoms with Gasteiger partial charge in [-0.05, 0) is 34.7 Å². The number of aromatic amines is 1. The lowest BCUT2D eigenvalue weighted by Gasteiger charge is -2.08. The number of hydrogen-bond acceptors (Lipinski definition) is 3. The highest BCUT2D eigenvalue weighted by atomic mass is 127. The summed E-state index contributed by atoms with van der Waals surface area (Å²) in [5.41, 5.74) is 2.49. The molecule has 4 nitrogen and oxygen atoms in total. The molecule has 0 spiro atoms. The van der Waals surface area contributed by atoms with Crippen molar-refractivity contribution in [2.45, 2.75) is 0 Å². The molecule has 0 unspecified atom stereocenters. The lowest BCUT2D eigenvalue weighted by Crippen LogP contribution is -1.94. The maximum atomic E-state index is 6.11. The normalized spacial score (nSPS) is 10.9. The van der Waals surface area contributed by atoms with E-state index in [9.17, 15) is 0 Å². The van der Waals surface area contributed by atoms with Crippen molar-refractivity contribution < 1.29 is 4.74 Å². The van der Waals surface area contributed by atoms with Crippen molar-refractivity contribution in [3.8, 4) is 17.0 Å². The molecule has 0 aliphatic heterocycles. The van der Waals surface area contributed by atoms with Gasteiger partial charge in [-0.25, -0.2) is 0 Å². The molecule has 3 aromatic rings. The van der Waals surface area contributed by atoms with Gasteiger partial charge in [0.15, 0.2) is 5.15 Å². The SMILES string of the molecule is COc1ccccc1-c1nnc(Cl)c2c(I)c[nH]c12. The summed E-state index contributed by atoms with van der Waals surface area (Å²) in [7, 11) is 1.64. The van der Waals surface area contributed by atoms with Gasteiger partial charge in [-0.1, -0.05) is 23.7 Å². The van der Waals surface area contributed by atoms with Crippen LogP contribution in [0.3, 0.4) is 0 Å². The Morgan fingerprint density at radius 3 is 2.84 bits per heavy atom. The van der Waals surface area contributed by atoms with Gasteiger partial charge in [0, 0.05) is 15.3 Å². The molecule has 1 aromatic carbocycles. The van der Waals surface area contributed by atoms with Crippen LogP contribution in [0.5, 0.6) is 5.75 Å². The zero-order valence-corrected chi connectivity index (χ0v) is 12.9. The number of hydrogen-bond donors (Lipinski definition) is 1. The van der Waals surface area contributed by atoms with Crippen LogP contribution in [0.4, 0.5) is 0 Å². The minimum absolute atomic E-state index is 0.402. The monoisotopic (exact) mass is 385 g/mol. The Labute approximate surface area is 128 Å². The van der Waals surface area contributed by atoms with Gasteiger partial charge < -0.3 is 9.72 Å². The summed E-state index contributed by atoms with van der Waals surface area (Å²) in [4.78, 5) is 3.20. The number of H-pyrrole nitrogens is 1. The van der Waals surface area contributed by atoms with Crippen LogP contribution < -0.4 is 4.74 Å². The largest absolute Gasteiger partial charge is 0.496 e. The summed E-state index contributed by atoms with van der Waals surface area (Å²) < 4.78 is 6.39. The summed E-state index contributed by atoms with van der Waals surface area (Å²) in [5, 5.41) is 9.52. The van der Waals surface area contributed by atoms with Crippen LogP contribution in [-0.4, -0.2) is 22.3 Å². The molecule has 0 fully saturated rings. The first kappa shape index (κ1) is 12.7. The maximum Gasteiger partial charge on any atom is 0.162 e. The molecule has 96 valence electrons. The van der Waals surface area contributed by atoms with Crippen molar-refractivity contribution in [2.75, 3.05) is 7.11 Å². The van der Waals surface area contributed by atoms with E-state index in [-0.39, 0.29) is 0 Å². The second kappa shape index (κ2) is 4.97. The predicted octanol–water partition coefficient (Wildman–Crippen LogP) is 3.89. The van der Waals surface area contributed by atoms with E-state index in [1.54, 1.807) is 7.11 Å². The van der Waals surface area contributed by atoms with E-state index >= 15 is 0 Å². The van der Waals surface area contributed by atoms with Gasteiger partial charge in [-0.3, -0.25) is 0 Å². The minimum Gasteiger partial charge on any atom is -0.496 e. The number of aromatic nitrogens is 3. The Hall–Kier alpha value is -1.34. The summed E-state index contributed by atoms with van der Waals surface area (Å²) in [6.45, 7) is 0. The molecule has 0 saturated carbocycles. The van der Waals surface area contributed by atoms with Crippen LogP contribution in [0.25, 0.3) is 22.2 Å². The standard InChI is InChI=1S/C13H9ClIN3O/c1-19-9-5-3-2-4-7(9)11-12-10(8(15)6-16-12)13(14)18-17-11/h2-6,16H,1H3. The van der Waals surface area contributed by atoms with E-state index in [0.29, 0.717) is 5.15 Å². The highest BCUT2D eigenvalue weighted by molar-refractivity contribution is 14.1. The molecule has 19 heavy (non-hydrogen) atoms. The fourth-order valence-corrected chi connectivity index (χ4v) is 3.08. The maximum absolute atomic E-state index is 6.11. The molecule has 1 N–H and O–H groups in total. The topological polar surface area (TPSA) is 50.8 Å². The Morgan fingerprint density at radius 2 is 2.05 bits per heavy atom. The molecular weight excluding hydrogens is 377 g/mol. The van der Waals surface area contributed by atoms with E-state index < -0.39 is 0 Å². The molecule has 0 amide bonds. The number of para-hydroxylation sites is 1. The first-order valence-electron chi connectivity index (χ1n) is 5.54. The third-order valence-corrected chi connectivity index (χ3v) is 3.99. The predicted molar refractivity (Wildman–Crippen MR) is 83.6 cm³/mol. The molecular formula is C13H9ClIN3O. The number of rotatable bonds is 2. The molecule has 0 atom stereocenters. The molecule has 0 bridgehead atoms. The molecule has 0 aliphatic rings. The van der Waals surface area contributed by atoms with E-state index in [1.807, 2.05) is 30.5 Å². The highest BCUT2D eigenvalue weighted by Crippen LogP contribution is 2.35. The number of fused-ring (bicyclic) bond motifs is 1. The Balaban J connectivity index is 2.35. The van der Waals surface area contributed by atoms with Crippen LogP contribution in [0.2, 0.25) is 5.15 Å². The van der Waals surface area contributed by atoms with Crippen molar-refractivity contribution in [3.05, 3.63) is 39.2 Å². The van der Waals surface area contributed by atoms with Gasteiger partial charge in [-0.2, -0.15) is 0 Å². The van der Waals surface area contributed by atoms with E-state index in [2.05, 4.69) is 37.8 Å². The van der Waals surface area contributed by atoms with E-state index in [0.717, 1.165) is 31.5 Å². The second-order valence-corrected chi connectivity index (χ2v) is 5.45. The molecule has 0 aliphatic carbocycles. The summed E-state index contributed by atoms with van der Waals surface area (Å²) in [6.07, 6.45) is 1.89.